The zero-order valence-corrected chi connectivity index (χ0v) is 12.0. The largest absolute Gasteiger partial charge is 0.381 e. The lowest BCUT2D eigenvalue weighted by Crippen LogP contribution is -2.34. The summed E-state index contributed by atoms with van der Waals surface area (Å²) in [6, 6.07) is 7.55. The van der Waals surface area contributed by atoms with Crippen LogP contribution in [0.5, 0.6) is 0 Å². The Hall–Kier alpha value is -1.06. The van der Waals surface area contributed by atoms with E-state index < -0.39 is 0 Å². The Bertz CT molecular complexity index is 411. The Morgan fingerprint density at radius 2 is 1.89 bits per heavy atom. The van der Waals surface area contributed by atoms with Gasteiger partial charge < -0.3 is 10.1 Å². The third kappa shape index (κ3) is 4.22. The van der Waals surface area contributed by atoms with E-state index in [4.69, 9.17) is 16.3 Å². The molecule has 1 aliphatic rings. The summed E-state index contributed by atoms with van der Waals surface area (Å²) in [7, 11) is 1.74. The van der Waals surface area contributed by atoms with E-state index in [-0.39, 0.29) is 11.8 Å². The normalized spacial score (nSPS) is 23.1. The lowest BCUT2D eigenvalue weighted by atomic mass is 9.87. The van der Waals surface area contributed by atoms with Gasteiger partial charge in [-0.15, -0.1) is 0 Å². The third-order valence-corrected chi connectivity index (χ3v) is 4.01. The van der Waals surface area contributed by atoms with Crippen molar-refractivity contribution in [3.05, 3.63) is 34.9 Å². The summed E-state index contributed by atoms with van der Waals surface area (Å²) in [5, 5.41) is 3.71. The molecule has 0 aromatic heterocycles. The van der Waals surface area contributed by atoms with E-state index in [1.54, 1.807) is 7.11 Å². The van der Waals surface area contributed by atoms with E-state index in [1.165, 1.54) is 0 Å². The minimum atomic E-state index is 0.138. The number of amides is 1. The smallest absolute Gasteiger partial charge is 0.223 e. The van der Waals surface area contributed by atoms with Gasteiger partial charge in [0.15, 0.2) is 0 Å². The number of ether oxygens (including phenoxy) is 1. The van der Waals surface area contributed by atoms with Crippen molar-refractivity contribution in [2.24, 2.45) is 5.92 Å². The second-order valence-electron chi connectivity index (χ2n) is 5.05. The van der Waals surface area contributed by atoms with E-state index in [0.717, 1.165) is 31.2 Å². The number of benzene rings is 1. The summed E-state index contributed by atoms with van der Waals surface area (Å²) >= 11 is 5.82. The Labute approximate surface area is 119 Å². The number of carbonyl (C=O) groups is 1. The van der Waals surface area contributed by atoms with Crippen molar-refractivity contribution in [1.29, 1.82) is 0 Å². The van der Waals surface area contributed by atoms with E-state index in [1.807, 2.05) is 24.3 Å². The summed E-state index contributed by atoms with van der Waals surface area (Å²) in [5.74, 6) is 0.295. The number of carbonyl (C=O) groups excluding carboxylic acids is 1. The lowest BCUT2D eigenvalue weighted by molar-refractivity contribution is -0.126. The van der Waals surface area contributed by atoms with Crippen LogP contribution in [0.1, 0.15) is 31.2 Å². The Kier molecular flexibility index (Phi) is 5.23. The molecule has 0 atom stereocenters. The van der Waals surface area contributed by atoms with E-state index in [9.17, 15) is 4.79 Å². The molecule has 1 fully saturated rings. The van der Waals surface area contributed by atoms with Crippen molar-refractivity contribution < 1.29 is 9.53 Å². The molecule has 104 valence electrons. The van der Waals surface area contributed by atoms with Gasteiger partial charge in [-0.1, -0.05) is 23.7 Å². The molecule has 0 aliphatic heterocycles. The highest BCUT2D eigenvalue weighted by atomic mass is 35.5. The Morgan fingerprint density at radius 1 is 1.26 bits per heavy atom. The first kappa shape index (κ1) is 14.4. The van der Waals surface area contributed by atoms with E-state index >= 15 is 0 Å². The van der Waals surface area contributed by atoms with Gasteiger partial charge in [0.1, 0.15) is 0 Å². The van der Waals surface area contributed by atoms with Gasteiger partial charge in [0, 0.05) is 24.6 Å². The Morgan fingerprint density at radius 3 is 2.47 bits per heavy atom. The van der Waals surface area contributed by atoms with Crippen molar-refractivity contribution >= 4 is 17.5 Å². The molecular weight excluding hydrogens is 262 g/mol. The predicted octanol–water partition coefficient (Wildman–Crippen LogP) is 3.16. The monoisotopic (exact) mass is 281 g/mol. The van der Waals surface area contributed by atoms with Crippen LogP contribution >= 0.6 is 11.6 Å². The SMILES string of the molecule is COC1CCC(C(=O)NCc2ccc(Cl)cc2)CC1. The van der Waals surface area contributed by atoms with Crippen LogP contribution in [0.3, 0.4) is 0 Å². The van der Waals surface area contributed by atoms with E-state index in [0.29, 0.717) is 17.7 Å². The molecule has 1 aliphatic carbocycles. The highest BCUT2D eigenvalue weighted by molar-refractivity contribution is 6.30. The van der Waals surface area contributed by atoms with Gasteiger partial charge in [-0.25, -0.2) is 0 Å². The molecule has 0 radical (unpaired) electrons. The number of hydrogen-bond donors (Lipinski definition) is 1. The molecule has 0 unspecified atom stereocenters. The van der Waals surface area contributed by atoms with Crippen molar-refractivity contribution in [3.8, 4) is 0 Å². The highest BCUT2D eigenvalue weighted by Crippen LogP contribution is 2.26. The van der Waals surface area contributed by atoms with E-state index in [2.05, 4.69) is 5.32 Å². The van der Waals surface area contributed by atoms with Crippen molar-refractivity contribution in [3.63, 3.8) is 0 Å². The van der Waals surface area contributed by atoms with Crippen LogP contribution in [0.25, 0.3) is 0 Å². The van der Waals surface area contributed by atoms with Crippen LogP contribution in [0.2, 0.25) is 5.02 Å². The molecule has 0 spiro atoms. The van der Waals surface area contributed by atoms with Crippen LogP contribution in [-0.4, -0.2) is 19.1 Å². The van der Waals surface area contributed by atoms with Crippen LogP contribution in [0, 0.1) is 5.92 Å². The standard InChI is InChI=1S/C15H20ClNO2/c1-19-14-8-4-12(5-9-14)15(18)17-10-11-2-6-13(16)7-3-11/h2-3,6-7,12,14H,4-5,8-10H2,1H3,(H,17,18). The van der Waals surface area contributed by atoms with Crippen molar-refractivity contribution in [2.45, 2.75) is 38.3 Å². The number of halogens is 1. The van der Waals surface area contributed by atoms with Crippen LogP contribution in [0.4, 0.5) is 0 Å². The summed E-state index contributed by atoms with van der Waals surface area (Å²) in [5.41, 5.74) is 1.07. The first-order valence-corrected chi connectivity index (χ1v) is 7.12. The first-order valence-electron chi connectivity index (χ1n) is 6.74. The zero-order chi connectivity index (χ0) is 13.7. The number of hydrogen-bond acceptors (Lipinski definition) is 2. The van der Waals surface area contributed by atoms with Gasteiger partial charge in [0.2, 0.25) is 5.91 Å². The van der Waals surface area contributed by atoms with Crippen LogP contribution in [-0.2, 0) is 16.1 Å². The number of methoxy groups -OCH3 is 1. The van der Waals surface area contributed by atoms with Crippen molar-refractivity contribution in [1.82, 2.24) is 5.32 Å². The quantitative estimate of drug-likeness (QED) is 0.921. The van der Waals surface area contributed by atoms with Gasteiger partial charge in [-0.3, -0.25) is 4.79 Å². The summed E-state index contributed by atoms with van der Waals surface area (Å²) < 4.78 is 5.32. The third-order valence-electron chi connectivity index (χ3n) is 3.76. The average Bonchev–Trinajstić information content (AvgIpc) is 2.46. The number of nitrogens with one attached hydrogen (secondary N) is 1. The van der Waals surface area contributed by atoms with Crippen LogP contribution < -0.4 is 5.32 Å². The van der Waals surface area contributed by atoms with Gasteiger partial charge >= 0.3 is 0 Å². The minimum absolute atomic E-state index is 0.138. The Balaban J connectivity index is 1.77. The molecule has 0 saturated heterocycles. The molecule has 0 bridgehead atoms. The summed E-state index contributed by atoms with van der Waals surface area (Å²) in [4.78, 5) is 12.1. The minimum Gasteiger partial charge on any atom is -0.381 e. The van der Waals surface area contributed by atoms with Gasteiger partial charge in [-0.05, 0) is 43.4 Å². The molecule has 1 aromatic rings. The van der Waals surface area contributed by atoms with Gasteiger partial charge in [0.25, 0.3) is 0 Å². The van der Waals surface area contributed by atoms with Gasteiger partial charge in [-0.2, -0.15) is 0 Å². The maximum Gasteiger partial charge on any atom is 0.223 e. The maximum absolute atomic E-state index is 12.1. The molecule has 2 rings (SSSR count). The number of rotatable bonds is 4. The topological polar surface area (TPSA) is 38.3 Å². The molecular formula is C15H20ClNO2. The molecule has 1 amide bonds. The lowest BCUT2D eigenvalue weighted by Gasteiger charge is -2.26. The molecule has 3 nitrogen and oxygen atoms in total. The molecule has 1 N–H and O–H groups in total. The predicted molar refractivity (Wildman–Crippen MR) is 76.1 cm³/mol. The second kappa shape index (κ2) is 6.92. The first-order chi connectivity index (χ1) is 9.19. The zero-order valence-electron chi connectivity index (χ0n) is 11.2. The highest BCUT2D eigenvalue weighted by Gasteiger charge is 2.25. The maximum atomic E-state index is 12.1. The average molecular weight is 282 g/mol. The summed E-state index contributed by atoms with van der Waals surface area (Å²) in [6.45, 7) is 0.570. The molecule has 1 aromatic carbocycles. The molecule has 4 heteroatoms. The van der Waals surface area contributed by atoms with Gasteiger partial charge in [0.05, 0.1) is 6.10 Å². The summed E-state index contributed by atoms with van der Waals surface area (Å²) in [6.07, 6.45) is 4.14. The molecule has 19 heavy (non-hydrogen) atoms. The van der Waals surface area contributed by atoms with Crippen LogP contribution in [0.15, 0.2) is 24.3 Å². The molecule has 1 saturated carbocycles. The fourth-order valence-electron chi connectivity index (χ4n) is 2.50. The fraction of sp³-hybridized carbons (Fsp3) is 0.533. The fourth-order valence-corrected chi connectivity index (χ4v) is 2.62. The second-order valence-corrected chi connectivity index (χ2v) is 5.49. The molecule has 0 heterocycles. The van der Waals surface area contributed by atoms with Crippen molar-refractivity contribution in [2.75, 3.05) is 7.11 Å².